The van der Waals surface area contributed by atoms with Gasteiger partial charge in [0.2, 0.25) is 0 Å². The smallest absolute Gasteiger partial charge is 0.0177 e. The summed E-state index contributed by atoms with van der Waals surface area (Å²) in [6.45, 7) is 7.28. The van der Waals surface area contributed by atoms with Crippen LogP contribution in [0.4, 0.5) is 0 Å². The number of hydrogen-bond acceptors (Lipinski definition) is 1. The van der Waals surface area contributed by atoms with Gasteiger partial charge in [0.05, 0.1) is 0 Å². The first-order valence-corrected chi connectivity index (χ1v) is 8.63. The maximum atomic E-state index is 3.59. The van der Waals surface area contributed by atoms with Crippen LogP contribution in [0.15, 0.2) is 28.7 Å². The monoisotopic (exact) mass is 337 g/mol. The minimum atomic E-state index is 0.342. The highest BCUT2D eigenvalue weighted by Gasteiger charge is 2.38. The molecule has 1 aliphatic rings. The van der Waals surface area contributed by atoms with Gasteiger partial charge in [0.15, 0.2) is 0 Å². The van der Waals surface area contributed by atoms with E-state index >= 15 is 0 Å². The molecule has 1 aliphatic carbocycles. The lowest BCUT2D eigenvalue weighted by Gasteiger charge is -2.44. The fourth-order valence-electron chi connectivity index (χ4n) is 3.94. The van der Waals surface area contributed by atoms with Crippen molar-refractivity contribution in [2.45, 2.75) is 52.5 Å². The van der Waals surface area contributed by atoms with Crippen molar-refractivity contribution in [2.75, 3.05) is 7.05 Å². The predicted octanol–water partition coefficient (Wildman–Crippen LogP) is 5.04. The molecule has 3 unspecified atom stereocenters. The predicted molar refractivity (Wildman–Crippen MR) is 91.0 cm³/mol. The average Bonchev–Trinajstić information content (AvgIpc) is 2.37. The summed E-state index contributed by atoms with van der Waals surface area (Å²) in [6, 6.07) is 9.44. The van der Waals surface area contributed by atoms with Crippen molar-refractivity contribution < 1.29 is 0 Å². The lowest BCUT2D eigenvalue weighted by Crippen LogP contribution is -2.46. The van der Waals surface area contributed by atoms with Crippen LogP contribution in [0.1, 0.15) is 45.6 Å². The molecule has 0 radical (unpaired) electrons. The molecule has 20 heavy (non-hydrogen) atoms. The number of nitrogens with one attached hydrogen (secondary N) is 1. The summed E-state index contributed by atoms with van der Waals surface area (Å²) < 4.78 is 1.19. The first-order chi connectivity index (χ1) is 9.42. The van der Waals surface area contributed by atoms with Crippen LogP contribution in [-0.4, -0.2) is 13.1 Å². The molecule has 0 aliphatic heterocycles. The van der Waals surface area contributed by atoms with Crippen LogP contribution >= 0.6 is 15.9 Å². The van der Waals surface area contributed by atoms with Crippen molar-refractivity contribution in [1.82, 2.24) is 5.32 Å². The summed E-state index contributed by atoms with van der Waals surface area (Å²) in [7, 11) is 2.13. The second-order valence-corrected chi connectivity index (χ2v) is 8.13. The summed E-state index contributed by atoms with van der Waals surface area (Å²) in [5.41, 5.74) is 1.78. The third-order valence-corrected chi connectivity index (χ3v) is 5.53. The normalized spacial score (nSPS) is 27.6. The fourth-order valence-corrected chi connectivity index (χ4v) is 4.39. The van der Waals surface area contributed by atoms with Gasteiger partial charge >= 0.3 is 0 Å². The molecule has 0 saturated heterocycles. The van der Waals surface area contributed by atoms with E-state index in [0.29, 0.717) is 11.5 Å². The summed E-state index contributed by atoms with van der Waals surface area (Å²) in [5.74, 6) is 1.63. The van der Waals surface area contributed by atoms with Crippen LogP contribution in [-0.2, 0) is 6.42 Å². The van der Waals surface area contributed by atoms with Crippen LogP contribution in [0.25, 0.3) is 0 Å². The van der Waals surface area contributed by atoms with Crippen LogP contribution in [0.3, 0.4) is 0 Å². The Bertz CT molecular complexity index is 441. The molecule has 1 saturated carbocycles. The molecule has 0 heterocycles. The van der Waals surface area contributed by atoms with Crippen molar-refractivity contribution in [1.29, 1.82) is 0 Å². The third-order valence-electron chi connectivity index (χ3n) is 5.04. The minimum absolute atomic E-state index is 0.342. The molecular formula is C18H28BrN. The highest BCUT2D eigenvalue weighted by Crippen LogP contribution is 2.42. The molecule has 1 aromatic carbocycles. The van der Waals surface area contributed by atoms with Crippen molar-refractivity contribution in [3.05, 3.63) is 34.3 Å². The van der Waals surface area contributed by atoms with E-state index in [9.17, 15) is 0 Å². The topological polar surface area (TPSA) is 12.0 Å². The van der Waals surface area contributed by atoms with E-state index in [1.807, 2.05) is 0 Å². The van der Waals surface area contributed by atoms with Crippen molar-refractivity contribution in [3.63, 3.8) is 0 Å². The Morgan fingerprint density at radius 2 is 2.05 bits per heavy atom. The molecule has 1 N–H and O–H groups in total. The summed E-state index contributed by atoms with van der Waals surface area (Å²) in [6.07, 6.45) is 5.21. The van der Waals surface area contributed by atoms with E-state index in [1.54, 1.807) is 0 Å². The van der Waals surface area contributed by atoms with E-state index in [-0.39, 0.29) is 0 Å². The second kappa shape index (κ2) is 6.62. The Hall–Kier alpha value is -0.340. The lowest BCUT2D eigenvalue weighted by molar-refractivity contribution is 0.0980. The van der Waals surface area contributed by atoms with Gasteiger partial charge in [0.25, 0.3) is 0 Å². The molecule has 0 aromatic heterocycles. The Labute approximate surface area is 132 Å². The van der Waals surface area contributed by atoms with Gasteiger partial charge in [-0.05, 0) is 61.3 Å². The van der Waals surface area contributed by atoms with Crippen molar-refractivity contribution >= 4 is 15.9 Å². The van der Waals surface area contributed by atoms with Gasteiger partial charge in [-0.3, -0.25) is 0 Å². The maximum Gasteiger partial charge on any atom is 0.0177 e. The van der Waals surface area contributed by atoms with Gasteiger partial charge in [-0.15, -0.1) is 0 Å². The molecule has 0 spiro atoms. The zero-order valence-electron chi connectivity index (χ0n) is 13.2. The Kier molecular flexibility index (Phi) is 5.30. The zero-order valence-corrected chi connectivity index (χ0v) is 14.8. The number of hydrogen-bond donors (Lipinski definition) is 1. The van der Waals surface area contributed by atoms with E-state index in [2.05, 4.69) is 73.3 Å². The zero-order chi connectivity index (χ0) is 14.8. The summed E-state index contributed by atoms with van der Waals surface area (Å²) in [5, 5.41) is 3.58. The average molecular weight is 338 g/mol. The molecule has 1 aromatic rings. The molecular weight excluding hydrogens is 310 g/mol. The first-order valence-electron chi connectivity index (χ1n) is 7.84. The Morgan fingerprint density at radius 3 is 2.70 bits per heavy atom. The van der Waals surface area contributed by atoms with Crippen LogP contribution in [0.2, 0.25) is 0 Å². The number of rotatable bonds is 4. The lowest BCUT2D eigenvalue weighted by atomic mass is 9.64. The molecule has 1 nitrogen and oxygen atoms in total. The van der Waals surface area contributed by atoms with Gasteiger partial charge in [-0.25, -0.2) is 0 Å². The molecule has 112 valence electrons. The van der Waals surface area contributed by atoms with Crippen LogP contribution < -0.4 is 5.32 Å². The largest absolute Gasteiger partial charge is 0.317 e. The van der Waals surface area contributed by atoms with Gasteiger partial charge in [-0.2, -0.15) is 0 Å². The summed E-state index contributed by atoms with van der Waals surface area (Å²) in [4.78, 5) is 0. The van der Waals surface area contributed by atoms with Crippen LogP contribution in [0, 0.1) is 17.3 Å². The number of halogens is 1. The SMILES string of the molecule is CNC1CC(C)CCC1C(C)(C)Cc1cccc(Br)c1. The van der Waals surface area contributed by atoms with E-state index in [0.717, 1.165) is 18.3 Å². The number of benzene rings is 1. The van der Waals surface area contributed by atoms with Crippen molar-refractivity contribution in [2.24, 2.45) is 17.3 Å². The van der Waals surface area contributed by atoms with Gasteiger partial charge in [0.1, 0.15) is 0 Å². The highest BCUT2D eigenvalue weighted by atomic mass is 79.9. The molecule has 2 rings (SSSR count). The first kappa shape index (κ1) is 16.0. The molecule has 2 heteroatoms. The molecule has 0 amide bonds. The second-order valence-electron chi connectivity index (χ2n) is 7.22. The van der Waals surface area contributed by atoms with Gasteiger partial charge in [0, 0.05) is 10.5 Å². The van der Waals surface area contributed by atoms with Crippen LogP contribution in [0.5, 0.6) is 0 Å². The Morgan fingerprint density at radius 1 is 1.30 bits per heavy atom. The summed E-state index contributed by atoms with van der Waals surface area (Å²) >= 11 is 3.59. The maximum absolute atomic E-state index is 3.59. The molecule has 3 atom stereocenters. The minimum Gasteiger partial charge on any atom is -0.317 e. The van der Waals surface area contributed by atoms with E-state index in [1.165, 1.54) is 29.3 Å². The third kappa shape index (κ3) is 3.85. The fraction of sp³-hybridized carbons (Fsp3) is 0.667. The van der Waals surface area contributed by atoms with Crippen molar-refractivity contribution in [3.8, 4) is 0 Å². The molecule has 1 fully saturated rings. The van der Waals surface area contributed by atoms with Gasteiger partial charge < -0.3 is 5.32 Å². The van der Waals surface area contributed by atoms with E-state index < -0.39 is 0 Å². The quantitative estimate of drug-likeness (QED) is 0.811. The Balaban J connectivity index is 2.12. The van der Waals surface area contributed by atoms with E-state index in [4.69, 9.17) is 0 Å². The highest BCUT2D eigenvalue weighted by molar-refractivity contribution is 9.10. The molecule has 0 bridgehead atoms. The van der Waals surface area contributed by atoms with Gasteiger partial charge in [-0.1, -0.05) is 55.3 Å². The standard InChI is InChI=1S/C18H28BrN/c1-13-8-9-16(17(10-13)20-4)18(2,3)12-14-6-5-7-15(19)11-14/h5-7,11,13,16-17,20H,8-10,12H2,1-4H3.